The number of hydrogen-bond donors (Lipinski definition) is 1. The van der Waals surface area contributed by atoms with Crippen LogP contribution in [0.4, 0.5) is 4.79 Å². The standard InChI is InChI=1S/C22H35NO3Si/c1-21(2,3)26-20(24)23-19-17(15-25-27(7,8)22(4,5)6)14-13-16-11-9-10-12-18(16)19/h9-14,17,19H,15H2,1-8H3,(H,23,24)/t17-,19+/m1/s1. The molecule has 1 amide bonds. The van der Waals surface area contributed by atoms with Crippen molar-refractivity contribution in [2.24, 2.45) is 5.92 Å². The zero-order valence-corrected chi connectivity index (χ0v) is 19.1. The van der Waals surface area contributed by atoms with E-state index in [4.69, 9.17) is 9.16 Å². The smallest absolute Gasteiger partial charge is 0.408 e. The molecule has 0 saturated heterocycles. The Hall–Kier alpha value is -1.59. The second kappa shape index (κ2) is 7.80. The van der Waals surface area contributed by atoms with E-state index in [9.17, 15) is 4.79 Å². The summed E-state index contributed by atoms with van der Waals surface area (Å²) >= 11 is 0. The van der Waals surface area contributed by atoms with E-state index in [1.54, 1.807) is 0 Å². The summed E-state index contributed by atoms with van der Waals surface area (Å²) in [5.74, 6) is 0.0709. The van der Waals surface area contributed by atoms with Crippen LogP contribution in [0.5, 0.6) is 0 Å². The van der Waals surface area contributed by atoms with Crippen LogP contribution in [0.15, 0.2) is 30.3 Å². The van der Waals surface area contributed by atoms with Crippen molar-refractivity contribution >= 4 is 20.5 Å². The quantitative estimate of drug-likeness (QED) is 0.650. The molecule has 1 aliphatic carbocycles. The molecule has 0 bridgehead atoms. The number of carbonyl (C=O) groups is 1. The van der Waals surface area contributed by atoms with Crippen molar-refractivity contribution in [1.29, 1.82) is 0 Å². The topological polar surface area (TPSA) is 47.6 Å². The fraction of sp³-hybridized carbons (Fsp3) is 0.591. The molecule has 1 aromatic carbocycles. The number of hydrogen-bond acceptors (Lipinski definition) is 3. The number of rotatable bonds is 4. The molecule has 2 rings (SSSR count). The molecule has 0 spiro atoms. The third kappa shape index (κ3) is 5.69. The Morgan fingerprint density at radius 3 is 2.33 bits per heavy atom. The highest BCUT2D eigenvalue weighted by atomic mass is 28.4. The van der Waals surface area contributed by atoms with Gasteiger partial charge in [0.1, 0.15) is 5.60 Å². The summed E-state index contributed by atoms with van der Waals surface area (Å²) in [6.45, 7) is 17.4. The van der Waals surface area contributed by atoms with Crippen molar-refractivity contribution in [2.45, 2.75) is 71.3 Å². The molecule has 4 nitrogen and oxygen atoms in total. The fourth-order valence-electron chi connectivity index (χ4n) is 2.81. The van der Waals surface area contributed by atoms with Gasteiger partial charge in [-0.1, -0.05) is 57.2 Å². The third-order valence-corrected chi connectivity index (χ3v) is 9.90. The lowest BCUT2D eigenvalue weighted by atomic mass is 9.85. The van der Waals surface area contributed by atoms with Crippen molar-refractivity contribution in [3.05, 3.63) is 41.5 Å². The summed E-state index contributed by atoms with van der Waals surface area (Å²) in [7, 11) is -1.87. The summed E-state index contributed by atoms with van der Waals surface area (Å²) in [5.41, 5.74) is 1.71. The maximum absolute atomic E-state index is 12.5. The summed E-state index contributed by atoms with van der Waals surface area (Å²) in [4.78, 5) is 12.5. The Balaban J connectivity index is 2.21. The minimum atomic E-state index is -1.87. The monoisotopic (exact) mass is 389 g/mol. The van der Waals surface area contributed by atoms with Crippen LogP contribution in [-0.4, -0.2) is 26.6 Å². The number of nitrogens with one attached hydrogen (secondary N) is 1. The van der Waals surface area contributed by atoms with E-state index in [-0.39, 0.29) is 17.0 Å². The number of carbonyl (C=O) groups excluding carboxylic acids is 1. The van der Waals surface area contributed by atoms with Gasteiger partial charge in [0, 0.05) is 12.5 Å². The molecule has 0 saturated carbocycles. The van der Waals surface area contributed by atoms with Crippen molar-refractivity contribution in [1.82, 2.24) is 5.32 Å². The molecule has 5 heteroatoms. The van der Waals surface area contributed by atoms with Crippen LogP contribution in [0.3, 0.4) is 0 Å². The molecule has 1 aliphatic rings. The van der Waals surface area contributed by atoms with Crippen molar-refractivity contribution < 1.29 is 14.0 Å². The predicted molar refractivity (Wildman–Crippen MR) is 114 cm³/mol. The van der Waals surface area contributed by atoms with E-state index in [1.165, 1.54) is 0 Å². The number of fused-ring (bicyclic) bond motifs is 1. The van der Waals surface area contributed by atoms with E-state index in [1.807, 2.05) is 32.9 Å². The SMILES string of the molecule is CC(C)(C)OC(=O)N[C@@H]1c2ccccc2C=C[C@@H]1CO[Si](C)(C)C(C)(C)C. The average Bonchev–Trinajstić information content (AvgIpc) is 2.51. The molecule has 0 unspecified atom stereocenters. The molecule has 2 atom stereocenters. The van der Waals surface area contributed by atoms with Gasteiger partial charge in [0.15, 0.2) is 8.32 Å². The highest BCUT2D eigenvalue weighted by Gasteiger charge is 2.39. The molecule has 150 valence electrons. The average molecular weight is 390 g/mol. The number of ether oxygens (including phenoxy) is 1. The first-order valence-corrected chi connectivity index (χ1v) is 12.6. The summed E-state index contributed by atoms with van der Waals surface area (Å²) in [6, 6.07) is 8.00. The maximum Gasteiger partial charge on any atom is 0.408 e. The zero-order chi connectivity index (χ0) is 20.5. The third-order valence-electron chi connectivity index (χ3n) is 5.40. The first kappa shape index (κ1) is 21.7. The summed E-state index contributed by atoms with van der Waals surface area (Å²) in [6.07, 6.45) is 3.88. The van der Waals surface area contributed by atoms with Crippen LogP contribution in [0.25, 0.3) is 6.08 Å². The van der Waals surface area contributed by atoms with E-state index in [0.29, 0.717) is 6.61 Å². The van der Waals surface area contributed by atoms with Crippen molar-refractivity contribution in [3.63, 3.8) is 0 Å². The van der Waals surface area contributed by atoms with Crippen LogP contribution in [-0.2, 0) is 9.16 Å². The maximum atomic E-state index is 12.5. The van der Waals surface area contributed by atoms with Crippen LogP contribution in [0, 0.1) is 5.92 Å². The van der Waals surface area contributed by atoms with Gasteiger partial charge in [0.2, 0.25) is 0 Å². The van der Waals surface area contributed by atoms with E-state index in [0.717, 1.165) is 11.1 Å². The molecule has 0 heterocycles. The van der Waals surface area contributed by atoms with Gasteiger partial charge >= 0.3 is 6.09 Å². The molecule has 0 aliphatic heterocycles. The Labute approximate surface area is 165 Å². The van der Waals surface area contributed by atoms with Gasteiger partial charge in [-0.3, -0.25) is 0 Å². The Morgan fingerprint density at radius 1 is 1.11 bits per heavy atom. The molecule has 0 radical (unpaired) electrons. The van der Waals surface area contributed by atoms with Crippen molar-refractivity contribution in [2.75, 3.05) is 6.61 Å². The molecular weight excluding hydrogens is 354 g/mol. The Morgan fingerprint density at radius 2 is 1.74 bits per heavy atom. The summed E-state index contributed by atoms with van der Waals surface area (Å²) in [5, 5.41) is 3.23. The highest BCUT2D eigenvalue weighted by molar-refractivity contribution is 6.74. The molecule has 0 fully saturated rings. The van der Waals surface area contributed by atoms with E-state index < -0.39 is 20.0 Å². The lowest BCUT2D eigenvalue weighted by Crippen LogP contribution is -2.44. The fourth-order valence-corrected chi connectivity index (χ4v) is 3.85. The minimum absolute atomic E-state index is 0.0709. The lowest BCUT2D eigenvalue weighted by Gasteiger charge is -2.39. The molecule has 27 heavy (non-hydrogen) atoms. The number of alkyl carbamates (subject to hydrolysis) is 1. The van der Waals surface area contributed by atoms with Crippen LogP contribution >= 0.6 is 0 Å². The number of benzene rings is 1. The van der Waals surface area contributed by atoms with Gasteiger partial charge in [0.25, 0.3) is 0 Å². The lowest BCUT2D eigenvalue weighted by molar-refractivity contribution is 0.0482. The first-order chi connectivity index (χ1) is 12.3. The zero-order valence-electron chi connectivity index (χ0n) is 18.1. The second-order valence-electron chi connectivity index (χ2n) is 9.85. The first-order valence-electron chi connectivity index (χ1n) is 9.71. The molecular formula is C22H35NO3Si. The Bertz CT molecular complexity index is 698. The number of amides is 1. The highest BCUT2D eigenvalue weighted by Crippen LogP contribution is 2.39. The molecule has 1 N–H and O–H groups in total. The normalized spacial score (nSPS) is 20.1. The summed E-state index contributed by atoms with van der Waals surface area (Å²) < 4.78 is 12.0. The van der Waals surface area contributed by atoms with Crippen LogP contribution in [0.1, 0.15) is 58.7 Å². The van der Waals surface area contributed by atoms with E-state index in [2.05, 4.69) is 63.5 Å². The van der Waals surface area contributed by atoms with Gasteiger partial charge < -0.3 is 14.5 Å². The van der Waals surface area contributed by atoms with E-state index >= 15 is 0 Å². The van der Waals surface area contributed by atoms with Gasteiger partial charge in [-0.05, 0) is 50.0 Å². The van der Waals surface area contributed by atoms with Gasteiger partial charge in [-0.15, -0.1) is 0 Å². The van der Waals surface area contributed by atoms with Gasteiger partial charge in [-0.25, -0.2) is 4.79 Å². The van der Waals surface area contributed by atoms with Gasteiger partial charge in [-0.2, -0.15) is 0 Å². The largest absolute Gasteiger partial charge is 0.444 e. The molecule has 1 aromatic rings. The second-order valence-corrected chi connectivity index (χ2v) is 14.7. The minimum Gasteiger partial charge on any atom is -0.444 e. The van der Waals surface area contributed by atoms with Gasteiger partial charge in [0.05, 0.1) is 6.04 Å². The Kier molecular flexibility index (Phi) is 6.27. The van der Waals surface area contributed by atoms with Crippen LogP contribution in [0.2, 0.25) is 18.1 Å². The molecule has 0 aromatic heterocycles. The van der Waals surface area contributed by atoms with Crippen LogP contribution < -0.4 is 5.32 Å². The predicted octanol–water partition coefficient (Wildman–Crippen LogP) is 5.92. The van der Waals surface area contributed by atoms with Crippen molar-refractivity contribution in [3.8, 4) is 0 Å².